The molecule has 0 bridgehead atoms. The maximum Gasteiger partial charge on any atom is 0.295 e. The fourth-order valence-corrected chi connectivity index (χ4v) is 3.52. The zero-order chi connectivity index (χ0) is 21.8. The van der Waals surface area contributed by atoms with E-state index in [1.165, 1.54) is 24.1 Å². The molecule has 0 saturated carbocycles. The van der Waals surface area contributed by atoms with Crippen LogP contribution in [0.25, 0.3) is 5.76 Å². The molecule has 8 heteroatoms. The Hall–Kier alpha value is -3.26. The number of nitrogens with zero attached hydrogens (tertiary/aromatic N) is 3. The van der Waals surface area contributed by atoms with Gasteiger partial charge in [0.2, 0.25) is 0 Å². The van der Waals surface area contributed by atoms with Crippen molar-refractivity contribution >= 4 is 17.4 Å². The summed E-state index contributed by atoms with van der Waals surface area (Å²) in [6.45, 7) is 1.06. The molecule has 3 rings (SSSR count). The van der Waals surface area contributed by atoms with Crippen LogP contribution in [0.3, 0.4) is 0 Å². The largest absolute Gasteiger partial charge is 0.507 e. The van der Waals surface area contributed by atoms with Crippen LogP contribution in [0.1, 0.15) is 23.6 Å². The van der Waals surface area contributed by atoms with Crippen LogP contribution < -0.4 is 4.74 Å². The van der Waals surface area contributed by atoms with Crippen molar-refractivity contribution < 1.29 is 23.8 Å². The van der Waals surface area contributed by atoms with Crippen LogP contribution in [0.15, 0.2) is 48.3 Å². The minimum absolute atomic E-state index is 0.0134. The number of ketones is 1. The quantitative estimate of drug-likeness (QED) is 0.427. The SMILES string of the molecule is COc1ccc(/C(O)=C2\C(=O)C(=O)N(CCCN(C)C)[C@@H]2c2cccnc2)cc1F. The van der Waals surface area contributed by atoms with Crippen molar-refractivity contribution in [2.45, 2.75) is 12.5 Å². The Morgan fingerprint density at radius 3 is 2.67 bits per heavy atom. The number of benzene rings is 1. The number of aliphatic hydroxyl groups excluding tert-OH is 1. The van der Waals surface area contributed by atoms with Gasteiger partial charge in [-0.05, 0) is 56.9 Å². The number of Topliss-reactive ketones (excluding diaryl/α,β-unsaturated/α-hetero) is 1. The fourth-order valence-electron chi connectivity index (χ4n) is 3.52. The van der Waals surface area contributed by atoms with Gasteiger partial charge in [0, 0.05) is 24.5 Å². The molecule has 2 heterocycles. The summed E-state index contributed by atoms with van der Waals surface area (Å²) in [4.78, 5) is 33.2. The lowest BCUT2D eigenvalue weighted by atomic mass is 9.96. The maximum atomic E-state index is 14.2. The Labute approximate surface area is 174 Å². The highest BCUT2D eigenvalue weighted by Gasteiger charge is 2.45. The number of ether oxygens (including phenoxy) is 1. The molecule has 158 valence electrons. The van der Waals surface area contributed by atoms with E-state index < -0.39 is 29.3 Å². The summed E-state index contributed by atoms with van der Waals surface area (Å²) in [5.74, 6) is -2.60. The molecule has 0 aliphatic carbocycles. The number of aromatic nitrogens is 1. The monoisotopic (exact) mass is 413 g/mol. The molecule has 1 amide bonds. The van der Waals surface area contributed by atoms with Gasteiger partial charge in [-0.15, -0.1) is 0 Å². The molecule has 1 aliphatic heterocycles. The number of carbonyl (C=O) groups is 2. The molecular formula is C22H24FN3O4. The average Bonchev–Trinajstić information content (AvgIpc) is 2.98. The molecule has 7 nitrogen and oxygen atoms in total. The number of aliphatic hydroxyl groups is 1. The predicted octanol–water partition coefficient (Wildman–Crippen LogP) is 2.60. The van der Waals surface area contributed by atoms with Gasteiger partial charge in [-0.25, -0.2) is 4.39 Å². The molecule has 1 N–H and O–H groups in total. The number of hydrogen-bond acceptors (Lipinski definition) is 6. The van der Waals surface area contributed by atoms with Gasteiger partial charge in [0.15, 0.2) is 11.6 Å². The number of halogens is 1. The maximum absolute atomic E-state index is 14.2. The van der Waals surface area contributed by atoms with Crippen LogP contribution in [0.5, 0.6) is 5.75 Å². The first-order valence-corrected chi connectivity index (χ1v) is 9.52. The molecule has 0 spiro atoms. The Morgan fingerprint density at radius 1 is 1.30 bits per heavy atom. The zero-order valence-electron chi connectivity index (χ0n) is 17.1. The first kappa shape index (κ1) is 21.4. The number of methoxy groups -OCH3 is 1. The fraction of sp³-hybridized carbons (Fsp3) is 0.318. The highest BCUT2D eigenvalue weighted by Crippen LogP contribution is 2.39. The third-order valence-corrected chi connectivity index (χ3v) is 4.97. The number of rotatable bonds is 7. The summed E-state index contributed by atoms with van der Waals surface area (Å²) in [6.07, 6.45) is 3.78. The smallest absolute Gasteiger partial charge is 0.295 e. The highest BCUT2D eigenvalue weighted by molar-refractivity contribution is 6.46. The standard InChI is InChI=1S/C22H24FN3O4/c1-25(2)10-5-11-26-19(15-6-4-9-24-13-15)18(21(28)22(26)29)20(27)14-7-8-17(30-3)16(23)12-14/h4,6-9,12-13,19,27H,5,10-11H2,1-3H3/b20-18+/t19-/m1/s1. The minimum Gasteiger partial charge on any atom is -0.507 e. The lowest BCUT2D eigenvalue weighted by Gasteiger charge is -2.25. The lowest BCUT2D eigenvalue weighted by molar-refractivity contribution is -0.139. The number of pyridine rings is 1. The first-order valence-electron chi connectivity index (χ1n) is 9.52. The molecule has 1 aliphatic rings. The van der Waals surface area contributed by atoms with Crippen molar-refractivity contribution in [3.63, 3.8) is 0 Å². The number of hydrogen-bond donors (Lipinski definition) is 1. The second-order valence-corrected chi connectivity index (χ2v) is 7.29. The summed E-state index contributed by atoms with van der Waals surface area (Å²) < 4.78 is 19.1. The van der Waals surface area contributed by atoms with E-state index in [0.29, 0.717) is 18.5 Å². The van der Waals surface area contributed by atoms with Crippen LogP contribution in [-0.4, -0.2) is 65.9 Å². The molecule has 1 fully saturated rings. The summed E-state index contributed by atoms with van der Waals surface area (Å²) in [5, 5.41) is 10.9. The predicted molar refractivity (Wildman–Crippen MR) is 109 cm³/mol. The van der Waals surface area contributed by atoms with Crippen molar-refractivity contribution in [1.29, 1.82) is 0 Å². The molecule has 30 heavy (non-hydrogen) atoms. The van der Waals surface area contributed by atoms with Gasteiger partial charge < -0.3 is 19.6 Å². The van der Waals surface area contributed by atoms with Gasteiger partial charge in [0.1, 0.15) is 5.76 Å². The molecule has 1 saturated heterocycles. The Kier molecular flexibility index (Phi) is 6.47. The van der Waals surface area contributed by atoms with Gasteiger partial charge >= 0.3 is 0 Å². The van der Waals surface area contributed by atoms with E-state index in [0.717, 1.165) is 12.6 Å². The van der Waals surface area contributed by atoms with Crippen molar-refractivity contribution in [3.05, 3.63) is 65.2 Å². The average molecular weight is 413 g/mol. The normalized spacial score (nSPS) is 18.3. The summed E-state index contributed by atoms with van der Waals surface area (Å²) in [6, 6.07) is 6.51. The summed E-state index contributed by atoms with van der Waals surface area (Å²) in [5.41, 5.74) is 0.605. The summed E-state index contributed by atoms with van der Waals surface area (Å²) in [7, 11) is 5.18. The van der Waals surface area contributed by atoms with E-state index in [9.17, 15) is 19.1 Å². The lowest BCUT2D eigenvalue weighted by Crippen LogP contribution is -2.32. The molecule has 0 unspecified atom stereocenters. The van der Waals surface area contributed by atoms with Crippen LogP contribution in [-0.2, 0) is 9.59 Å². The number of likely N-dealkylation sites (tertiary alicyclic amines) is 1. The van der Waals surface area contributed by atoms with Gasteiger partial charge in [-0.1, -0.05) is 6.07 Å². The van der Waals surface area contributed by atoms with E-state index in [2.05, 4.69) is 4.98 Å². The van der Waals surface area contributed by atoms with Gasteiger partial charge in [-0.2, -0.15) is 0 Å². The van der Waals surface area contributed by atoms with E-state index >= 15 is 0 Å². The Balaban J connectivity index is 2.08. The number of carbonyl (C=O) groups excluding carboxylic acids is 2. The Bertz CT molecular complexity index is 976. The molecule has 2 aromatic rings. The summed E-state index contributed by atoms with van der Waals surface area (Å²) >= 11 is 0. The molecular weight excluding hydrogens is 389 g/mol. The Morgan fingerprint density at radius 2 is 2.07 bits per heavy atom. The topological polar surface area (TPSA) is 83.0 Å². The van der Waals surface area contributed by atoms with Crippen molar-refractivity contribution in [1.82, 2.24) is 14.8 Å². The zero-order valence-corrected chi connectivity index (χ0v) is 17.1. The van der Waals surface area contributed by atoms with E-state index in [1.807, 2.05) is 19.0 Å². The van der Waals surface area contributed by atoms with Crippen molar-refractivity contribution in [2.24, 2.45) is 0 Å². The highest BCUT2D eigenvalue weighted by atomic mass is 19.1. The number of amides is 1. The van der Waals surface area contributed by atoms with Crippen LogP contribution in [0.4, 0.5) is 4.39 Å². The third-order valence-electron chi connectivity index (χ3n) is 4.97. The van der Waals surface area contributed by atoms with Crippen molar-refractivity contribution in [2.75, 3.05) is 34.3 Å². The minimum atomic E-state index is -0.803. The molecule has 1 aromatic heterocycles. The van der Waals surface area contributed by atoms with E-state index in [1.54, 1.807) is 24.5 Å². The van der Waals surface area contributed by atoms with Crippen LogP contribution in [0.2, 0.25) is 0 Å². The molecule has 0 radical (unpaired) electrons. The molecule has 1 aromatic carbocycles. The van der Waals surface area contributed by atoms with Crippen LogP contribution in [0, 0.1) is 5.82 Å². The second kappa shape index (κ2) is 9.04. The van der Waals surface area contributed by atoms with Gasteiger partial charge in [-0.3, -0.25) is 14.6 Å². The van der Waals surface area contributed by atoms with E-state index in [4.69, 9.17) is 4.74 Å². The third kappa shape index (κ3) is 4.18. The van der Waals surface area contributed by atoms with Crippen molar-refractivity contribution in [3.8, 4) is 5.75 Å². The second-order valence-electron chi connectivity index (χ2n) is 7.29. The van der Waals surface area contributed by atoms with E-state index in [-0.39, 0.29) is 16.9 Å². The van der Waals surface area contributed by atoms with Crippen LogP contribution >= 0.6 is 0 Å². The molecule has 1 atom stereocenters. The van der Waals surface area contributed by atoms with Gasteiger partial charge in [0.25, 0.3) is 11.7 Å². The van der Waals surface area contributed by atoms with Gasteiger partial charge in [0.05, 0.1) is 18.7 Å². The first-order chi connectivity index (χ1) is 14.3.